The molecule has 1 amide bonds. The van der Waals surface area contributed by atoms with Crippen LogP contribution >= 0.6 is 11.3 Å². The third-order valence-corrected chi connectivity index (χ3v) is 3.87. The van der Waals surface area contributed by atoms with Gasteiger partial charge in [0.15, 0.2) is 0 Å². The molecule has 1 unspecified atom stereocenters. The molecule has 0 aliphatic rings. The molecule has 0 bridgehead atoms. The largest absolute Gasteiger partial charge is 0.466 e. The van der Waals surface area contributed by atoms with Gasteiger partial charge in [-0.2, -0.15) is 0 Å². The van der Waals surface area contributed by atoms with E-state index in [4.69, 9.17) is 4.42 Å². The minimum absolute atomic E-state index is 0.0820. The van der Waals surface area contributed by atoms with Gasteiger partial charge in [-0.25, -0.2) is 4.98 Å². The lowest BCUT2D eigenvalue weighted by atomic mass is 10.0. The standard InChI is InChI=1S/C13H16N2O3S/c1-3-11-14-7-9(19-11)12(16)15-8-13(2,17)10-5-4-6-18-10/h4-7,17H,3,8H2,1-2H3,(H,15,16). The quantitative estimate of drug-likeness (QED) is 0.877. The van der Waals surface area contributed by atoms with E-state index in [9.17, 15) is 9.90 Å². The van der Waals surface area contributed by atoms with Gasteiger partial charge in [0.05, 0.1) is 24.0 Å². The van der Waals surface area contributed by atoms with E-state index >= 15 is 0 Å². The average Bonchev–Trinajstić information content (AvgIpc) is 3.06. The maximum absolute atomic E-state index is 11.9. The molecule has 2 rings (SSSR count). The zero-order valence-corrected chi connectivity index (χ0v) is 11.7. The zero-order chi connectivity index (χ0) is 13.9. The first kappa shape index (κ1) is 13.8. The van der Waals surface area contributed by atoms with Gasteiger partial charge >= 0.3 is 0 Å². The number of hydrogen-bond acceptors (Lipinski definition) is 5. The van der Waals surface area contributed by atoms with E-state index in [0.29, 0.717) is 10.6 Å². The highest BCUT2D eigenvalue weighted by Crippen LogP contribution is 2.20. The molecule has 1 atom stereocenters. The molecule has 0 aromatic carbocycles. The van der Waals surface area contributed by atoms with Crippen LogP contribution in [0.15, 0.2) is 29.0 Å². The van der Waals surface area contributed by atoms with Gasteiger partial charge in [0.25, 0.3) is 5.91 Å². The number of furan rings is 1. The summed E-state index contributed by atoms with van der Waals surface area (Å²) in [6.45, 7) is 3.66. The van der Waals surface area contributed by atoms with Gasteiger partial charge in [-0.15, -0.1) is 11.3 Å². The summed E-state index contributed by atoms with van der Waals surface area (Å²) >= 11 is 1.36. The molecule has 2 N–H and O–H groups in total. The van der Waals surface area contributed by atoms with E-state index in [0.717, 1.165) is 11.4 Å². The van der Waals surface area contributed by atoms with Crippen LogP contribution in [0.3, 0.4) is 0 Å². The lowest BCUT2D eigenvalue weighted by Crippen LogP contribution is -2.38. The lowest BCUT2D eigenvalue weighted by molar-refractivity contribution is 0.0331. The Balaban J connectivity index is 1.97. The Kier molecular flexibility index (Phi) is 4.01. The van der Waals surface area contributed by atoms with Gasteiger partial charge in [0.2, 0.25) is 0 Å². The van der Waals surface area contributed by atoms with E-state index in [2.05, 4.69) is 10.3 Å². The second-order valence-electron chi connectivity index (χ2n) is 4.41. The lowest BCUT2D eigenvalue weighted by Gasteiger charge is -2.20. The first-order valence-electron chi connectivity index (χ1n) is 6.02. The molecule has 6 heteroatoms. The molecule has 0 saturated carbocycles. The third-order valence-electron chi connectivity index (χ3n) is 2.72. The van der Waals surface area contributed by atoms with Gasteiger partial charge in [-0.1, -0.05) is 6.92 Å². The fraction of sp³-hybridized carbons (Fsp3) is 0.385. The molecule has 0 saturated heterocycles. The number of aryl methyl sites for hydroxylation is 1. The number of amides is 1. The summed E-state index contributed by atoms with van der Waals surface area (Å²) in [4.78, 5) is 16.6. The summed E-state index contributed by atoms with van der Waals surface area (Å²) in [5.41, 5.74) is -1.22. The number of thiazole rings is 1. The van der Waals surface area contributed by atoms with Gasteiger partial charge in [-0.3, -0.25) is 4.79 Å². The van der Waals surface area contributed by atoms with Crippen LogP contribution in [0.2, 0.25) is 0 Å². The summed E-state index contributed by atoms with van der Waals surface area (Å²) in [5.74, 6) is 0.190. The number of carbonyl (C=O) groups is 1. The summed E-state index contributed by atoms with van der Waals surface area (Å²) < 4.78 is 5.15. The van der Waals surface area contributed by atoms with E-state index < -0.39 is 5.60 Å². The van der Waals surface area contributed by atoms with Crippen LogP contribution in [-0.2, 0) is 12.0 Å². The van der Waals surface area contributed by atoms with Crippen LogP contribution in [-0.4, -0.2) is 22.5 Å². The molecule has 2 heterocycles. The Bertz CT molecular complexity index is 546. The molecule has 0 fully saturated rings. The molecule has 0 aliphatic heterocycles. The normalized spacial score (nSPS) is 14.1. The molecular weight excluding hydrogens is 264 g/mol. The van der Waals surface area contributed by atoms with Crippen molar-refractivity contribution in [1.82, 2.24) is 10.3 Å². The van der Waals surface area contributed by atoms with Crippen molar-refractivity contribution in [2.45, 2.75) is 25.9 Å². The van der Waals surface area contributed by atoms with Gasteiger partial charge < -0.3 is 14.8 Å². The van der Waals surface area contributed by atoms with E-state index in [-0.39, 0.29) is 12.5 Å². The molecule has 5 nitrogen and oxygen atoms in total. The Morgan fingerprint density at radius 1 is 1.63 bits per heavy atom. The van der Waals surface area contributed by atoms with Crippen molar-refractivity contribution in [3.63, 3.8) is 0 Å². The SMILES string of the molecule is CCc1ncc(C(=O)NCC(C)(O)c2ccco2)s1. The van der Waals surface area contributed by atoms with E-state index in [1.54, 1.807) is 25.3 Å². The molecule has 0 radical (unpaired) electrons. The second kappa shape index (κ2) is 5.54. The van der Waals surface area contributed by atoms with Crippen LogP contribution in [0, 0.1) is 0 Å². The van der Waals surface area contributed by atoms with Crippen molar-refractivity contribution in [2.75, 3.05) is 6.54 Å². The molecule has 0 spiro atoms. The zero-order valence-electron chi connectivity index (χ0n) is 10.8. The Hall–Kier alpha value is -1.66. The third kappa shape index (κ3) is 3.21. The fourth-order valence-corrected chi connectivity index (χ4v) is 2.36. The topological polar surface area (TPSA) is 75.4 Å². The molecule has 0 aliphatic carbocycles. The predicted octanol–water partition coefficient (Wildman–Crippen LogP) is 1.94. The van der Waals surface area contributed by atoms with Crippen molar-refractivity contribution in [2.24, 2.45) is 0 Å². The number of aromatic nitrogens is 1. The Labute approximate surface area is 115 Å². The minimum Gasteiger partial charge on any atom is -0.466 e. The van der Waals surface area contributed by atoms with Crippen LogP contribution in [0.25, 0.3) is 0 Å². The van der Waals surface area contributed by atoms with Crippen molar-refractivity contribution >= 4 is 17.2 Å². The summed E-state index contributed by atoms with van der Waals surface area (Å²) in [7, 11) is 0. The van der Waals surface area contributed by atoms with Gasteiger partial charge in [0, 0.05) is 0 Å². The first-order chi connectivity index (χ1) is 9.03. The molecular formula is C13H16N2O3S. The molecule has 2 aromatic heterocycles. The number of aliphatic hydroxyl groups is 1. The first-order valence-corrected chi connectivity index (χ1v) is 6.84. The fourth-order valence-electron chi connectivity index (χ4n) is 1.59. The summed E-state index contributed by atoms with van der Waals surface area (Å²) in [6.07, 6.45) is 3.85. The summed E-state index contributed by atoms with van der Waals surface area (Å²) in [5, 5.41) is 13.8. The van der Waals surface area contributed by atoms with E-state index in [1.807, 2.05) is 6.92 Å². The second-order valence-corrected chi connectivity index (χ2v) is 5.52. The number of carbonyl (C=O) groups excluding carboxylic acids is 1. The highest BCUT2D eigenvalue weighted by atomic mass is 32.1. The number of nitrogens with one attached hydrogen (secondary N) is 1. The maximum Gasteiger partial charge on any atom is 0.263 e. The molecule has 19 heavy (non-hydrogen) atoms. The van der Waals surface area contributed by atoms with Crippen LogP contribution in [0.5, 0.6) is 0 Å². The highest BCUT2D eigenvalue weighted by Gasteiger charge is 2.27. The smallest absolute Gasteiger partial charge is 0.263 e. The molecule has 102 valence electrons. The van der Waals surface area contributed by atoms with E-state index in [1.165, 1.54) is 17.6 Å². The van der Waals surface area contributed by atoms with Crippen molar-refractivity contribution in [1.29, 1.82) is 0 Å². The van der Waals surface area contributed by atoms with Crippen molar-refractivity contribution < 1.29 is 14.3 Å². The van der Waals surface area contributed by atoms with Crippen LogP contribution < -0.4 is 5.32 Å². The van der Waals surface area contributed by atoms with Crippen LogP contribution in [0.1, 0.15) is 34.3 Å². The van der Waals surface area contributed by atoms with Crippen molar-refractivity contribution in [3.8, 4) is 0 Å². The molecule has 2 aromatic rings. The highest BCUT2D eigenvalue weighted by molar-refractivity contribution is 7.13. The summed E-state index contributed by atoms with van der Waals surface area (Å²) in [6, 6.07) is 3.37. The number of hydrogen-bond donors (Lipinski definition) is 2. The predicted molar refractivity (Wildman–Crippen MR) is 72.1 cm³/mol. The van der Waals surface area contributed by atoms with Gasteiger partial charge in [0.1, 0.15) is 16.2 Å². The Morgan fingerprint density at radius 3 is 3.00 bits per heavy atom. The van der Waals surface area contributed by atoms with Gasteiger partial charge in [-0.05, 0) is 25.5 Å². The van der Waals surface area contributed by atoms with Crippen LogP contribution in [0.4, 0.5) is 0 Å². The number of rotatable bonds is 5. The maximum atomic E-state index is 11.9. The van der Waals surface area contributed by atoms with Crippen molar-refractivity contribution in [3.05, 3.63) is 40.2 Å². The number of nitrogens with zero attached hydrogens (tertiary/aromatic N) is 1. The minimum atomic E-state index is -1.22. The monoisotopic (exact) mass is 280 g/mol. The Morgan fingerprint density at radius 2 is 2.42 bits per heavy atom. The average molecular weight is 280 g/mol.